The van der Waals surface area contributed by atoms with Gasteiger partial charge in [0.1, 0.15) is 5.82 Å². The molecule has 164 valence electrons. The van der Waals surface area contributed by atoms with E-state index in [4.69, 9.17) is 11.6 Å². The maximum Gasteiger partial charge on any atom is 0.267 e. The molecule has 0 bridgehead atoms. The number of carbonyl (C=O) groups excluding carboxylic acids is 1. The van der Waals surface area contributed by atoms with Crippen LogP contribution in [0.2, 0.25) is 5.02 Å². The van der Waals surface area contributed by atoms with Crippen molar-refractivity contribution in [2.24, 2.45) is 0 Å². The Hall–Kier alpha value is -3.33. The van der Waals surface area contributed by atoms with Crippen molar-refractivity contribution >= 4 is 28.5 Å². The van der Waals surface area contributed by atoms with Gasteiger partial charge in [-0.05, 0) is 43.7 Å². The summed E-state index contributed by atoms with van der Waals surface area (Å²) in [5.74, 6) is -3.26. The zero-order valence-corrected chi connectivity index (χ0v) is 18.1. The van der Waals surface area contributed by atoms with Crippen LogP contribution in [0.3, 0.4) is 0 Å². The van der Waals surface area contributed by atoms with Crippen molar-refractivity contribution in [3.63, 3.8) is 0 Å². The largest absolute Gasteiger partial charge is 0.340 e. The van der Waals surface area contributed by atoms with E-state index in [2.05, 4.69) is 20.2 Å². The molecule has 0 aliphatic carbocycles. The van der Waals surface area contributed by atoms with E-state index in [9.17, 15) is 13.6 Å². The molecular weight excluding hydrogens is 438 g/mol. The number of nitrogens with zero attached hydrogens (tertiary/aromatic N) is 5. The fourth-order valence-corrected chi connectivity index (χ4v) is 4.28. The van der Waals surface area contributed by atoms with Crippen molar-refractivity contribution in [1.29, 1.82) is 0 Å². The number of likely N-dealkylation sites (tertiary alicyclic amines) is 1. The van der Waals surface area contributed by atoms with Crippen LogP contribution in [0.25, 0.3) is 16.7 Å². The molecule has 7 nitrogen and oxygen atoms in total. The Labute approximate surface area is 187 Å². The number of nitrogens with one attached hydrogen (secondary N) is 1. The van der Waals surface area contributed by atoms with Gasteiger partial charge in [0, 0.05) is 11.4 Å². The fourth-order valence-electron chi connectivity index (χ4n) is 4.13. The van der Waals surface area contributed by atoms with Crippen LogP contribution in [0.1, 0.15) is 39.8 Å². The third-order valence-electron chi connectivity index (χ3n) is 5.72. The molecule has 10 heteroatoms. The molecule has 1 unspecified atom stereocenters. The number of amides is 1. The van der Waals surface area contributed by atoms with Crippen LogP contribution in [0.5, 0.6) is 0 Å². The Kier molecular flexibility index (Phi) is 4.74. The van der Waals surface area contributed by atoms with Gasteiger partial charge in [0.05, 0.1) is 47.3 Å². The highest BCUT2D eigenvalue weighted by molar-refractivity contribution is 6.32. The molecule has 4 aromatic rings. The van der Waals surface area contributed by atoms with Gasteiger partial charge < -0.3 is 9.88 Å². The van der Waals surface area contributed by atoms with Crippen molar-refractivity contribution in [3.05, 3.63) is 70.3 Å². The minimum absolute atomic E-state index is 0.249. The topological polar surface area (TPSA) is 79.7 Å². The zero-order chi connectivity index (χ0) is 22.6. The van der Waals surface area contributed by atoms with Gasteiger partial charge in [-0.15, -0.1) is 0 Å². The number of hydrogen-bond donors (Lipinski definition) is 1. The highest BCUT2D eigenvalue weighted by atomic mass is 35.5. The van der Waals surface area contributed by atoms with Gasteiger partial charge in [-0.25, -0.2) is 13.8 Å². The lowest BCUT2D eigenvalue weighted by molar-refractivity contribution is 0.0117. The van der Waals surface area contributed by atoms with E-state index in [-0.39, 0.29) is 5.56 Å². The van der Waals surface area contributed by atoms with Crippen molar-refractivity contribution in [2.45, 2.75) is 32.2 Å². The van der Waals surface area contributed by atoms with Gasteiger partial charge in [0.2, 0.25) is 0 Å². The second kappa shape index (κ2) is 7.37. The van der Waals surface area contributed by atoms with Gasteiger partial charge in [0.15, 0.2) is 0 Å². The Morgan fingerprint density at radius 3 is 2.69 bits per heavy atom. The van der Waals surface area contributed by atoms with E-state index in [1.165, 1.54) is 22.1 Å². The Bertz CT molecular complexity index is 1330. The molecule has 1 fully saturated rings. The summed E-state index contributed by atoms with van der Waals surface area (Å²) >= 11 is 6.19. The maximum atomic E-state index is 14.6. The van der Waals surface area contributed by atoms with Crippen LogP contribution in [-0.4, -0.2) is 48.2 Å². The van der Waals surface area contributed by atoms with Gasteiger partial charge in [-0.2, -0.15) is 15.0 Å². The first-order chi connectivity index (χ1) is 15.2. The molecule has 1 N–H and O–H groups in total. The van der Waals surface area contributed by atoms with E-state index in [1.807, 2.05) is 19.9 Å². The van der Waals surface area contributed by atoms with Crippen LogP contribution in [0.4, 0.5) is 8.78 Å². The first-order valence-corrected chi connectivity index (χ1v) is 10.4. The quantitative estimate of drug-likeness (QED) is 0.487. The lowest BCUT2D eigenvalue weighted by Gasteiger charge is -2.23. The lowest BCUT2D eigenvalue weighted by Crippen LogP contribution is -2.34. The maximum absolute atomic E-state index is 14.6. The molecule has 2 aromatic heterocycles. The predicted octanol–water partition coefficient (Wildman–Crippen LogP) is 4.64. The molecule has 0 radical (unpaired) electrons. The van der Waals surface area contributed by atoms with Gasteiger partial charge in [0.25, 0.3) is 11.8 Å². The van der Waals surface area contributed by atoms with Crippen LogP contribution >= 0.6 is 11.6 Å². The number of H-pyrrole nitrogens is 1. The molecule has 0 saturated carbocycles. The van der Waals surface area contributed by atoms with Gasteiger partial charge in [-0.1, -0.05) is 23.2 Å². The van der Waals surface area contributed by atoms with Crippen molar-refractivity contribution < 1.29 is 13.6 Å². The molecule has 1 aliphatic heterocycles. The Balaban J connectivity index is 1.59. The summed E-state index contributed by atoms with van der Waals surface area (Å²) in [6.45, 7) is 2.95. The van der Waals surface area contributed by atoms with E-state index in [0.29, 0.717) is 27.6 Å². The highest BCUT2D eigenvalue weighted by Crippen LogP contribution is 2.42. The number of alkyl halides is 2. The molecule has 1 atom stereocenters. The summed E-state index contributed by atoms with van der Waals surface area (Å²) in [4.78, 5) is 23.7. The number of rotatable bonds is 3. The second-order valence-electron chi connectivity index (χ2n) is 8.04. The average Bonchev–Trinajstić information content (AvgIpc) is 3.48. The van der Waals surface area contributed by atoms with Gasteiger partial charge >= 0.3 is 0 Å². The van der Waals surface area contributed by atoms with E-state index >= 15 is 0 Å². The van der Waals surface area contributed by atoms with Crippen molar-refractivity contribution in [1.82, 2.24) is 29.9 Å². The Morgan fingerprint density at radius 2 is 1.94 bits per heavy atom. The highest BCUT2D eigenvalue weighted by Gasteiger charge is 2.49. The fraction of sp³-hybridized carbons (Fsp3) is 0.273. The normalized spacial score (nSPS) is 17.9. The summed E-state index contributed by atoms with van der Waals surface area (Å²) in [5.41, 5.74) is 3.53. The number of carbonyl (C=O) groups is 1. The molecule has 32 heavy (non-hydrogen) atoms. The summed E-state index contributed by atoms with van der Waals surface area (Å²) in [6.07, 6.45) is 2.46. The number of hydrogen-bond acceptors (Lipinski definition) is 4. The summed E-state index contributed by atoms with van der Waals surface area (Å²) < 4.78 is 29.1. The molecule has 1 saturated heterocycles. The van der Waals surface area contributed by atoms with Crippen LogP contribution in [0, 0.1) is 13.8 Å². The second-order valence-corrected chi connectivity index (χ2v) is 8.45. The SMILES string of the molecule is Cc1ccc(-n2nccn2)c(C(=O)N2CC(F)(F)CC2c2nc3c(C)c(Cl)ccc3[nH]2)c1. The third kappa shape index (κ3) is 3.42. The first kappa shape index (κ1) is 20.6. The average molecular weight is 457 g/mol. The van der Waals surface area contributed by atoms with Crippen molar-refractivity contribution in [2.75, 3.05) is 6.54 Å². The predicted molar refractivity (Wildman–Crippen MR) is 115 cm³/mol. The third-order valence-corrected chi connectivity index (χ3v) is 6.13. The molecule has 2 aromatic carbocycles. The molecule has 3 heterocycles. The van der Waals surface area contributed by atoms with E-state index in [0.717, 1.165) is 11.1 Å². The number of imidazole rings is 1. The number of fused-ring (bicyclic) bond motifs is 1. The first-order valence-electron chi connectivity index (χ1n) is 10.0. The molecule has 0 spiro atoms. The summed E-state index contributed by atoms with van der Waals surface area (Å²) in [7, 11) is 0. The standard InChI is InChI=1S/C22H19ClF2N6O/c1-12-3-6-17(31-26-7-8-27-31)14(9-12)21(32)30-11-22(24,25)10-18(30)20-28-16-5-4-15(23)13(2)19(16)29-20/h3-9,18H,10-11H2,1-2H3,(H,28,29). The zero-order valence-electron chi connectivity index (χ0n) is 17.3. The number of aryl methyl sites for hydroxylation is 2. The summed E-state index contributed by atoms with van der Waals surface area (Å²) in [5, 5.41) is 8.73. The number of benzene rings is 2. The van der Waals surface area contributed by atoms with Crippen molar-refractivity contribution in [3.8, 4) is 5.69 Å². The number of aromatic amines is 1. The molecule has 1 amide bonds. The van der Waals surface area contributed by atoms with E-state index < -0.39 is 30.8 Å². The van der Waals surface area contributed by atoms with Crippen LogP contribution in [0.15, 0.2) is 42.7 Å². The summed E-state index contributed by atoms with van der Waals surface area (Å²) in [6, 6.07) is 7.75. The minimum atomic E-state index is -3.04. The Morgan fingerprint density at radius 1 is 1.19 bits per heavy atom. The molecular formula is C22H19ClF2N6O. The number of halogens is 3. The minimum Gasteiger partial charge on any atom is -0.340 e. The van der Waals surface area contributed by atoms with Gasteiger partial charge in [-0.3, -0.25) is 4.79 Å². The molecule has 5 rings (SSSR count). The number of aromatic nitrogens is 5. The lowest BCUT2D eigenvalue weighted by atomic mass is 10.1. The van der Waals surface area contributed by atoms with E-state index in [1.54, 1.807) is 24.3 Å². The van der Waals surface area contributed by atoms with Crippen LogP contribution < -0.4 is 0 Å². The smallest absolute Gasteiger partial charge is 0.267 e. The monoisotopic (exact) mass is 456 g/mol. The molecule has 1 aliphatic rings. The van der Waals surface area contributed by atoms with Crippen LogP contribution in [-0.2, 0) is 0 Å².